The zero-order valence-electron chi connectivity index (χ0n) is 12.0. The molecule has 1 aromatic heterocycles. The number of aliphatic carboxylic acids is 1. The third kappa shape index (κ3) is 2.22. The van der Waals surface area contributed by atoms with Crippen LogP contribution in [0.5, 0.6) is 0 Å². The summed E-state index contributed by atoms with van der Waals surface area (Å²) in [6.45, 7) is 0.419. The van der Waals surface area contributed by atoms with Gasteiger partial charge in [-0.1, -0.05) is 0 Å². The topological polar surface area (TPSA) is 99.9 Å². The lowest BCUT2D eigenvalue weighted by atomic mass is 10.1. The molecule has 0 radical (unpaired) electrons. The van der Waals surface area contributed by atoms with Gasteiger partial charge >= 0.3 is 5.97 Å². The molecule has 8 heteroatoms. The van der Waals surface area contributed by atoms with Crippen molar-refractivity contribution in [1.82, 2.24) is 9.62 Å². The molecule has 0 aliphatic carbocycles. The van der Waals surface area contributed by atoms with Crippen molar-refractivity contribution < 1.29 is 22.7 Å². The first-order valence-corrected chi connectivity index (χ1v) is 8.57. The quantitative estimate of drug-likeness (QED) is 0.873. The summed E-state index contributed by atoms with van der Waals surface area (Å²) in [5.74, 6) is -0.917. The van der Waals surface area contributed by atoms with Crippen molar-refractivity contribution in [2.24, 2.45) is 0 Å². The lowest BCUT2D eigenvalue weighted by molar-refractivity contribution is -0.139. The van der Waals surface area contributed by atoms with Crippen LogP contribution < -0.4 is 5.32 Å². The maximum Gasteiger partial charge on any atom is 0.326 e. The number of rotatable bonds is 3. The van der Waals surface area contributed by atoms with Crippen LogP contribution in [0.1, 0.15) is 6.42 Å². The van der Waals surface area contributed by atoms with E-state index in [9.17, 15) is 13.2 Å². The molecule has 0 saturated carbocycles. The molecule has 1 atom stereocenters. The van der Waals surface area contributed by atoms with Crippen LogP contribution >= 0.6 is 0 Å². The normalized spacial score (nSPS) is 21.7. The number of hydrogen-bond donors (Lipinski definition) is 2. The summed E-state index contributed by atoms with van der Waals surface area (Å²) in [7, 11) is -3.63. The second-order valence-electron chi connectivity index (χ2n) is 5.71. The van der Waals surface area contributed by atoms with E-state index in [1.165, 1.54) is 16.6 Å². The lowest BCUT2D eigenvalue weighted by Crippen LogP contribution is -2.37. The van der Waals surface area contributed by atoms with E-state index in [0.717, 1.165) is 11.0 Å². The van der Waals surface area contributed by atoms with E-state index in [1.807, 2.05) is 0 Å². The Morgan fingerprint density at radius 3 is 2.87 bits per heavy atom. The monoisotopic (exact) mass is 334 g/mol. The standard InChI is InChI=1S/C15H14N2O5S/c18-15(19)12-6-10-7-17(8-13(10)16-12)23(20,21)11-1-2-14-9(5-11)3-4-22-14/h1-5,12,16H,6-8H2,(H,18,19). The summed E-state index contributed by atoms with van der Waals surface area (Å²) in [6.07, 6.45) is 1.86. The fraction of sp³-hybridized carbons (Fsp3) is 0.267. The van der Waals surface area contributed by atoms with Gasteiger partial charge in [-0.15, -0.1) is 0 Å². The molecule has 2 aliphatic heterocycles. The SMILES string of the molecule is O=C(O)C1CC2=C(CN(S(=O)(=O)c3ccc4occc4c3)C2)N1. The fourth-order valence-electron chi connectivity index (χ4n) is 3.07. The Kier molecular flexibility index (Phi) is 3.00. The number of carbonyl (C=O) groups is 1. The molecule has 2 aliphatic rings. The highest BCUT2D eigenvalue weighted by Crippen LogP contribution is 2.31. The van der Waals surface area contributed by atoms with Gasteiger partial charge in [-0.2, -0.15) is 4.31 Å². The minimum atomic E-state index is -3.63. The highest BCUT2D eigenvalue weighted by Gasteiger charge is 2.38. The first-order chi connectivity index (χ1) is 10.9. The van der Waals surface area contributed by atoms with Crippen molar-refractivity contribution in [1.29, 1.82) is 0 Å². The first kappa shape index (κ1) is 14.3. The number of nitrogens with one attached hydrogen (secondary N) is 1. The predicted molar refractivity (Wildman–Crippen MR) is 81.2 cm³/mol. The average molecular weight is 334 g/mol. The first-order valence-electron chi connectivity index (χ1n) is 7.13. The number of nitrogens with zero attached hydrogens (tertiary/aromatic N) is 1. The average Bonchev–Trinajstić information content (AvgIpc) is 3.19. The van der Waals surface area contributed by atoms with Crippen molar-refractivity contribution in [2.45, 2.75) is 17.4 Å². The number of fused-ring (bicyclic) bond motifs is 1. The van der Waals surface area contributed by atoms with E-state index in [-0.39, 0.29) is 18.0 Å². The molecule has 0 fully saturated rings. The molecule has 1 aromatic carbocycles. The summed E-state index contributed by atoms with van der Waals surface area (Å²) in [6, 6.07) is 5.82. The molecule has 0 spiro atoms. The molecule has 3 heterocycles. The molecule has 2 aromatic rings. The van der Waals surface area contributed by atoms with Gasteiger partial charge < -0.3 is 14.8 Å². The molecule has 7 nitrogen and oxygen atoms in total. The van der Waals surface area contributed by atoms with Crippen LogP contribution in [0.2, 0.25) is 0 Å². The Bertz CT molecular complexity index is 926. The van der Waals surface area contributed by atoms with Crippen molar-refractivity contribution >= 4 is 27.0 Å². The summed E-state index contributed by atoms with van der Waals surface area (Å²) >= 11 is 0. The Morgan fingerprint density at radius 2 is 2.13 bits per heavy atom. The maximum absolute atomic E-state index is 12.8. The largest absolute Gasteiger partial charge is 0.480 e. The van der Waals surface area contributed by atoms with Crippen LogP contribution in [0.25, 0.3) is 11.0 Å². The molecule has 1 unspecified atom stereocenters. The van der Waals surface area contributed by atoms with Crippen LogP contribution in [0.3, 0.4) is 0 Å². The van der Waals surface area contributed by atoms with E-state index >= 15 is 0 Å². The van der Waals surface area contributed by atoms with Crippen LogP contribution in [0.4, 0.5) is 0 Å². The van der Waals surface area contributed by atoms with E-state index in [4.69, 9.17) is 9.52 Å². The number of carboxylic acid groups (broad SMARTS) is 1. The van der Waals surface area contributed by atoms with Gasteiger partial charge in [0.25, 0.3) is 0 Å². The van der Waals surface area contributed by atoms with Crippen LogP contribution in [0.15, 0.2) is 51.1 Å². The van der Waals surface area contributed by atoms with Crippen molar-refractivity contribution in [3.63, 3.8) is 0 Å². The van der Waals surface area contributed by atoms with Crippen molar-refractivity contribution in [3.05, 3.63) is 41.8 Å². The Labute approximate surface area is 132 Å². The number of hydrogen-bond acceptors (Lipinski definition) is 5. The van der Waals surface area contributed by atoms with E-state index < -0.39 is 22.0 Å². The zero-order chi connectivity index (χ0) is 16.2. The van der Waals surface area contributed by atoms with Crippen LogP contribution in [-0.4, -0.2) is 42.9 Å². The van der Waals surface area contributed by atoms with Gasteiger partial charge in [-0.3, -0.25) is 0 Å². The number of sulfonamides is 1. The molecule has 23 heavy (non-hydrogen) atoms. The Hall–Kier alpha value is -2.32. The third-order valence-electron chi connectivity index (χ3n) is 4.29. The van der Waals surface area contributed by atoms with Gasteiger partial charge in [0.05, 0.1) is 17.7 Å². The number of carboxylic acids is 1. The minimum Gasteiger partial charge on any atom is -0.480 e. The Balaban J connectivity index is 1.58. The Morgan fingerprint density at radius 1 is 1.30 bits per heavy atom. The van der Waals surface area contributed by atoms with Crippen molar-refractivity contribution in [3.8, 4) is 0 Å². The fourth-order valence-corrected chi connectivity index (χ4v) is 4.51. The summed E-state index contributed by atoms with van der Waals surface area (Å²) in [5.41, 5.74) is 2.20. The van der Waals surface area contributed by atoms with E-state index in [2.05, 4.69) is 5.32 Å². The smallest absolute Gasteiger partial charge is 0.326 e. The van der Waals surface area contributed by atoms with Gasteiger partial charge in [-0.25, -0.2) is 13.2 Å². The lowest BCUT2D eigenvalue weighted by Gasteiger charge is -2.19. The molecule has 2 N–H and O–H groups in total. The number of benzene rings is 1. The summed E-state index contributed by atoms with van der Waals surface area (Å²) in [4.78, 5) is 11.2. The molecule has 0 bridgehead atoms. The maximum atomic E-state index is 12.8. The molecule has 0 saturated heterocycles. The van der Waals surface area contributed by atoms with E-state index in [0.29, 0.717) is 17.7 Å². The van der Waals surface area contributed by atoms with Gasteiger partial charge in [-0.05, 0) is 29.8 Å². The third-order valence-corrected chi connectivity index (χ3v) is 6.07. The van der Waals surface area contributed by atoms with Crippen LogP contribution in [-0.2, 0) is 14.8 Å². The predicted octanol–water partition coefficient (Wildman–Crippen LogP) is 1.14. The van der Waals surface area contributed by atoms with E-state index in [1.54, 1.807) is 18.2 Å². The van der Waals surface area contributed by atoms with Crippen molar-refractivity contribution in [2.75, 3.05) is 13.1 Å². The molecular weight excluding hydrogens is 320 g/mol. The van der Waals surface area contributed by atoms with Gasteiger partial charge in [0.2, 0.25) is 10.0 Å². The summed E-state index contributed by atoms with van der Waals surface area (Å²) in [5, 5.41) is 12.6. The molecule has 120 valence electrons. The molecular formula is C15H14N2O5S. The second kappa shape index (κ2) is 4.84. The highest BCUT2D eigenvalue weighted by molar-refractivity contribution is 7.89. The molecule has 0 amide bonds. The zero-order valence-corrected chi connectivity index (χ0v) is 12.8. The van der Waals surface area contributed by atoms with Gasteiger partial charge in [0, 0.05) is 24.0 Å². The summed E-state index contributed by atoms with van der Waals surface area (Å²) < 4.78 is 32.1. The van der Waals surface area contributed by atoms with Gasteiger partial charge in [0.1, 0.15) is 11.6 Å². The minimum absolute atomic E-state index is 0.185. The molecule has 4 rings (SSSR count). The highest BCUT2D eigenvalue weighted by atomic mass is 32.2. The van der Waals surface area contributed by atoms with Gasteiger partial charge in [0.15, 0.2) is 0 Å². The number of furan rings is 1. The second-order valence-corrected chi connectivity index (χ2v) is 7.65. The van der Waals surface area contributed by atoms with Crippen LogP contribution in [0, 0.1) is 0 Å².